The number of nitrogens with two attached hydrogens (primary N) is 1. The zero-order valence-corrected chi connectivity index (χ0v) is 16.4. The second-order valence-electron chi connectivity index (χ2n) is 6.92. The Morgan fingerprint density at radius 3 is 2.93 bits per heavy atom. The van der Waals surface area contributed by atoms with Gasteiger partial charge in [0.15, 0.2) is 0 Å². The Balaban J connectivity index is 0.00000261. The molecule has 8 heteroatoms. The first-order chi connectivity index (χ1) is 12.6. The Morgan fingerprint density at radius 1 is 1.48 bits per heavy atom. The predicted molar refractivity (Wildman–Crippen MR) is 107 cm³/mol. The van der Waals surface area contributed by atoms with Gasteiger partial charge in [-0.25, -0.2) is 4.68 Å². The molecule has 0 radical (unpaired) electrons. The van der Waals surface area contributed by atoms with Gasteiger partial charge in [0.25, 0.3) is 0 Å². The number of rotatable bonds is 7. The van der Waals surface area contributed by atoms with Crippen molar-refractivity contribution < 1.29 is 4.79 Å². The monoisotopic (exact) mass is 390 g/mol. The fraction of sp³-hybridized carbons (Fsp3) is 0.474. The van der Waals surface area contributed by atoms with Crippen molar-refractivity contribution in [3.05, 3.63) is 48.8 Å². The predicted octanol–water partition coefficient (Wildman–Crippen LogP) is 2.68. The molecule has 2 aromatic rings. The Kier molecular flexibility index (Phi) is 7.50. The highest BCUT2D eigenvalue weighted by molar-refractivity contribution is 5.85. The maximum atomic E-state index is 12.9. The van der Waals surface area contributed by atoms with Crippen molar-refractivity contribution in [2.45, 2.75) is 44.7 Å². The molecule has 1 unspecified atom stereocenters. The highest BCUT2D eigenvalue weighted by Crippen LogP contribution is 2.29. The van der Waals surface area contributed by atoms with Gasteiger partial charge in [-0.2, -0.15) is 0 Å². The first-order valence-electron chi connectivity index (χ1n) is 9.09. The number of carbonyl (C=O) groups is 1. The maximum absolute atomic E-state index is 12.9. The molecule has 1 heterocycles. The third-order valence-electron chi connectivity index (χ3n) is 5.23. The summed E-state index contributed by atoms with van der Waals surface area (Å²) in [6.45, 7) is 6.36. The number of amides is 1. The minimum atomic E-state index is -0.0745. The van der Waals surface area contributed by atoms with E-state index in [1.165, 1.54) is 0 Å². The lowest BCUT2D eigenvalue weighted by Gasteiger charge is -2.30. The van der Waals surface area contributed by atoms with Gasteiger partial charge in [0.2, 0.25) is 5.91 Å². The molecule has 1 amide bonds. The SMILES string of the molecule is C=CCN(C(=O)C[C@@H]1CCC[C@H]1N)C(C)c1cccc(-n2cnnn2)c1.Cl. The molecule has 0 spiro atoms. The molecule has 27 heavy (non-hydrogen) atoms. The normalized spacial score (nSPS) is 19.9. The van der Waals surface area contributed by atoms with Gasteiger partial charge in [-0.3, -0.25) is 4.79 Å². The lowest BCUT2D eigenvalue weighted by atomic mass is 9.98. The molecule has 3 rings (SSSR count). The topological polar surface area (TPSA) is 89.9 Å². The molecule has 1 saturated carbocycles. The first kappa shape index (κ1) is 21.1. The lowest BCUT2D eigenvalue weighted by Crippen LogP contribution is -2.37. The number of hydrogen-bond donors (Lipinski definition) is 1. The van der Waals surface area contributed by atoms with Crippen LogP contribution in [0.25, 0.3) is 5.69 Å². The fourth-order valence-electron chi connectivity index (χ4n) is 3.66. The van der Waals surface area contributed by atoms with Gasteiger partial charge < -0.3 is 10.6 Å². The number of halogens is 1. The third kappa shape index (κ3) is 4.93. The Morgan fingerprint density at radius 2 is 2.30 bits per heavy atom. The fourth-order valence-corrected chi connectivity index (χ4v) is 3.66. The van der Waals surface area contributed by atoms with Gasteiger partial charge in [-0.1, -0.05) is 24.6 Å². The Hall–Kier alpha value is -2.25. The van der Waals surface area contributed by atoms with Crippen LogP contribution in [0.5, 0.6) is 0 Å². The van der Waals surface area contributed by atoms with Crippen LogP contribution in [0.1, 0.15) is 44.2 Å². The summed E-state index contributed by atoms with van der Waals surface area (Å²) in [5, 5.41) is 11.3. The molecule has 0 aliphatic heterocycles. The van der Waals surface area contributed by atoms with E-state index in [-0.39, 0.29) is 36.3 Å². The summed E-state index contributed by atoms with van der Waals surface area (Å²) in [5.41, 5.74) is 8.05. The van der Waals surface area contributed by atoms with Gasteiger partial charge in [0.05, 0.1) is 11.7 Å². The zero-order chi connectivity index (χ0) is 18.5. The molecule has 2 N–H and O–H groups in total. The number of carbonyl (C=O) groups excluding carboxylic acids is 1. The van der Waals surface area contributed by atoms with E-state index < -0.39 is 0 Å². The van der Waals surface area contributed by atoms with Gasteiger partial charge in [0, 0.05) is 19.0 Å². The minimum absolute atomic E-state index is 0. The van der Waals surface area contributed by atoms with Gasteiger partial charge >= 0.3 is 0 Å². The van der Waals surface area contributed by atoms with Crippen LogP contribution in [0.15, 0.2) is 43.2 Å². The van der Waals surface area contributed by atoms with E-state index in [1.54, 1.807) is 17.1 Å². The van der Waals surface area contributed by atoms with Crippen LogP contribution in [-0.2, 0) is 4.79 Å². The van der Waals surface area contributed by atoms with E-state index in [0.29, 0.717) is 13.0 Å². The molecule has 1 aliphatic carbocycles. The Labute approximate surface area is 166 Å². The van der Waals surface area contributed by atoms with Crippen molar-refractivity contribution in [2.24, 2.45) is 11.7 Å². The van der Waals surface area contributed by atoms with Crippen LogP contribution in [-0.4, -0.2) is 43.6 Å². The summed E-state index contributed by atoms with van der Waals surface area (Å²) < 4.78 is 1.60. The quantitative estimate of drug-likeness (QED) is 0.734. The summed E-state index contributed by atoms with van der Waals surface area (Å²) in [6, 6.07) is 7.97. The largest absolute Gasteiger partial charge is 0.332 e. The summed E-state index contributed by atoms with van der Waals surface area (Å²) in [6.07, 6.45) is 7.00. The number of hydrogen-bond acceptors (Lipinski definition) is 5. The summed E-state index contributed by atoms with van der Waals surface area (Å²) in [7, 11) is 0. The van der Waals surface area contributed by atoms with Crippen molar-refractivity contribution in [3.63, 3.8) is 0 Å². The lowest BCUT2D eigenvalue weighted by molar-refractivity contribution is -0.133. The molecule has 146 valence electrons. The van der Waals surface area contributed by atoms with Crippen molar-refractivity contribution in [2.75, 3.05) is 6.54 Å². The molecule has 3 atom stereocenters. The van der Waals surface area contributed by atoms with Gasteiger partial charge in [0.1, 0.15) is 6.33 Å². The number of tetrazole rings is 1. The van der Waals surface area contributed by atoms with Crippen LogP contribution < -0.4 is 5.73 Å². The second kappa shape index (κ2) is 9.62. The first-order valence-corrected chi connectivity index (χ1v) is 9.09. The number of nitrogens with zero attached hydrogens (tertiary/aromatic N) is 5. The molecule has 1 aromatic heterocycles. The van der Waals surface area contributed by atoms with Crippen LogP contribution in [0, 0.1) is 5.92 Å². The number of benzene rings is 1. The van der Waals surface area contributed by atoms with E-state index in [4.69, 9.17) is 5.73 Å². The molecule has 1 aliphatic rings. The maximum Gasteiger partial charge on any atom is 0.223 e. The van der Waals surface area contributed by atoms with E-state index >= 15 is 0 Å². The van der Waals surface area contributed by atoms with E-state index in [9.17, 15) is 4.79 Å². The van der Waals surface area contributed by atoms with Crippen LogP contribution in [0.3, 0.4) is 0 Å². The van der Waals surface area contributed by atoms with Gasteiger partial charge in [-0.15, -0.1) is 24.1 Å². The average Bonchev–Trinajstić information content (AvgIpc) is 3.32. The molecular formula is C19H27ClN6O. The highest BCUT2D eigenvalue weighted by atomic mass is 35.5. The van der Waals surface area contributed by atoms with E-state index in [2.05, 4.69) is 22.1 Å². The van der Waals surface area contributed by atoms with Crippen molar-refractivity contribution >= 4 is 18.3 Å². The third-order valence-corrected chi connectivity index (χ3v) is 5.23. The highest BCUT2D eigenvalue weighted by Gasteiger charge is 2.29. The minimum Gasteiger partial charge on any atom is -0.332 e. The molecule has 0 saturated heterocycles. The van der Waals surface area contributed by atoms with Crippen molar-refractivity contribution in [3.8, 4) is 5.69 Å². The van der Waals surface area contributed by atoms with Crippen molar-refractivity contribution in [1.82, 2.24) is 25.1 Å². The Bertz CT molecular complexity index is 750. The summed E-state index contributed by atoms with van der Waals surface area (Å²) in [4.78, 5) is 14.8. The van der Waals surface area contributed by atoms with Crippen molar-refractivity contribution in [1.29, 1.82) is 0 Å². The van der Waals surface area contributed by atoms with E-state index in [1.807, 2.05) is 36.1 Å². The van der Waals surface area contributed by atoms with Crippen LogP contribution in [0.4, 0.5) is 0 Å². The second-order valence-corrected chi connectivity index (χ2v) is 6.92. The molecular weight excluding hydrogens is 364 g/mol. The summed E-state index contributed by atoms with van der Waals surface area (Å²) in [5.74, 6) is 0.419. The average molecular weight is 391 g/mol. The molecule has 7 nitrogen and oxygen atoms in total. The van der Waals surface area contributed by atoms with E-state index in [0.717, 1.165) is 30.5 Å². The molecule has 0 bridgehead atoms. The van der Waals surface area contributed by atoms with Gasteiger partial charge in [-0.05, 0) is 53.8 Å². The summed E-state index contributed by atoms with van der Waals surface area (Å²) >= 11 is 0. The molecule has 1 fully saturated rings. The smallest absolute Gasteiger partial charge is 0.223 e. The standard InChI is InChI=1S/C19H26N6O.ClH/c1-3-10-24(19(26)12-16-7-5-9-18(16)20)14(2)15-6-4-8-17(11-15)25-13-21-22-23-25;/h3-4,6,8,11,13-14,16,18H,1,5,7,9-10,12,20H2,2H3;1H/t14?,16-,18+;/m0./s1. The zero-order valence-electron chi connectivity index (χ0n) is 15.6. The van der Waals surface area contributed by atoms with Crippen LogP contribution >= 0.6 is 12.4 Å². The molecule has 1 aromatic carbocycles. The number of aromatic nitrogens is 4. The van der Waals surface area contributed by atoms with Crippen LogP contribution in [0.2, 0.25) is 0 Å².